The van der Waals surface area contributed by atoms with Gasteiger partial charge in [-0.15, -0.1) is 0 Å². The van der Waals surface area contributed by atoms with Gasteiger partial charge >= 0.3 is 12.0 Å². The second-order valence-corrected chi connectivity index (χ2v) is 10.1. The summed E-state index contributed by atoms with van der Waals surface area (Å²) in [6.07, 6.45) is 6.49. The molecule has 0 saturated carbocycles. The van der Waals surface area contributed by atoms with Crippen molar-refractivity contribution < 1.29 is 14.6 Å². The summed E-state index contributed by atoms with van der Waals surface area (Å²) in [7, 11) is 0. The van der Waals surface area contributed by atoms with Crippen LogP contribution in [0, 0.1) is 0 Å². The van der Waals surface area contributed by atoms with Gasteiger partial charge in [0.15, 0.2) is 0 Å². The van der Waals surface area contributed by atoms with E-state index in [4.69, 9.17) is 4.74 Å². The van der Waals surface area contributed by atoms with Crippen molar-refractivity contribution in [2.24, 2.45) is 0 Å². The summed E-state index contributed by atoms with van der Waals surface area (Å²) >= 11 is 0. The SMILES string of the molecule is CCOc1ncc(Nc2cc(C(CC)CC(=O)O)ccc2N(CC)C2CCN(Cc3ccccc3)CC2)cn1. The molecule has 1 unspecified atom stereocenters. The van der Waals surface area contributed by atoms with E-state index in [-0.39, 0.29) is 12.3 Å². The number of nitrogens with one attached hydrogen (secondary N) is 1. The predicted molar refractivity (Wildman–Crippen MR) is 156 cm³/mol. The number of ether oxygens (including phenoxy) is 1. The Labute approximate surface area is 232 Å². The fourth-order valence-electron chi connectivity index (χ4n) is 5.46. The van der Waals surface area contributed by atoms with Gasteiger partial charge in [-0.1, -0.05) is 43.3 Å². The van der Waals surface area contributed by atoms with Gasteiger partial charge in [0.25, 0.3) is 0 Å². The first-order valence-electron chi connectivity index (χ1n) is 14.1. The molecule has 39 heavy (non-hydrogen) atoms. The van der Waals surface area contributed by atoms with Gasteiger partial charge in [-0.2, -0.15) is 0 Å². The summed E-state index contributed by atoms with van der Waals surface area (Å²) in [6, 6.07) is 17.8. The normalized spacial score (nSPS) is 15.1. The minimum Gasteiger partial charge on any atom is -0.481 e. The zero-order valence-electron chi connectivity index (χ0n) is 23.3. The van der Waals surface area contributed by atoms with Crippen LogP contribution in [0.25, 0.3) is 0 Å². The number of hydrogen-bond donors (Lipinski definition) is 2. The highest BCUT2D eigenvalue weighted by atomic mass is 16.5. The minimum atomic E-state index is -0.780. The molecule has 2 heterocycles. The summed E-state index contributed by atoms with van der Waals surface area (Å²) in [5, 5.41) is 13.0. The Bertz CT molecular complexity index is 1180. The standard InChI is InChI=1S/C31H41N5O3/c1-4-24(19-30(37)38)25-12-13-29(28(18-25)34-26-20-32-31(33-21-26)39-6-3)36(5-2)27-14-16-35(17-15-27)22-23-10-8-7-9-11-23/h7-13,18,20-21,24,27,34H,4-6,14-17,19,22H2,1-3H3,(H,37,38). The highest BCUT2D eigenvalue weighted by Crippen LogP contribution is 2.36. The van der Waals surface area contributed by atoms with Gasteiger partial charge in [-0.25, -0.2) is 9.97 Å². The van der Waals surface area contributed by atoms with Crippen LogP contribution in [0.1, 0.15) is 63.5 Å². The fourth-order valence-corrected chi connectivity index (χ4v) is 5.46. The third-order valence-corrected chi connectivity index (χ3v) is 7.48. The molecule has 1 saturated heterocycles. The van der Waals surface area contributed by atoms with Gasteiger partial charge in [0.2, 0.25) is 0 Å². The number of carboxylic acid groups (broad SMARTS) is 1. The smallest absolute Gasteiger partial charge is 0.316 e. The molecule has 0 radical (unpaired) electrons. The van der Waals surface area contributed by atoms with Gasteiger partial charge in [-0.3, -0.25) is 9.69 Å². The number of rotatable bonds is 13. The van der Waals surface area contributed by atoms with Crippen molar-refractivity contribution in [3.05, 3.63) is 72.1 Å². The lowest BCUT2D eigenvalue weighted by Gasteiger charge is -2.40. The maximum absolute atomic E-state index is 11.5. The van der Waals surface area contributed by atoms with Gasteiger partial charge in [-0.05, 0) is 62.3 Å². The molecular weight excluding hydrogens is 490 g/mol. The van der Waals surface area contributed by atoms with Crippen LogP contribution in [0.2, 0.25) is 0 Å². The van der Waals surface area contributed by atoms with Crippen LogP contribution in [0.5, 0.6) is 6.01 Å². The quantitative estimate of drug-likeness (QED) is 0.274. The van der Waals surface area contributed by atoms with Crippen molar-refractivity contribution in [1.82, 2.24) is 14.9 Å². The molecule has 208 valence electrons. The lowest BCUT2D eigenvalue weighted by molar-refractivity contribution is -0.137. The van der Waals surface area contributed by atoms with E-state index in [1.807, 2.05) is 13.8 Å². The van der Waals surface area contributed by atoms with E-state index in [1.165, 1.54) is 5.56 Å². The number of aromatic nitrogens is 2. The monoisotopic (exact) mass is 531 g/mol. The third kappa shape index (κ3) is 7.69. The summed E-state index contributed by atoms with van der Waals surface area (Å²) < 4.78 is 5.40. The largest absolute Gasteiger partial charge is 0.481 e. The molecule has 0 bridgehead atoms. The summed E-state index contributed by atoms with van der Waals surface area (Å²) in [6.45, 7) is 10.6. The maximum atomic E-state index is 11.5. The number of nitrogens with zero attached hydrogens (tertiary/aromatic N) is 4. The molecule has 1 aliphatic heterocycles. The Kier molecular flexibility index (Phi) is 10.1. The summed E-state index contributed by atoms with van der Waals surface area (Å²) in [5.74, 6) is -0.831. The molecule has 1 aromatic heterocycles. The Morgan fingerprint density at radius 2 is 1.82 bits per heavy atom. The number of carboxylic acids is 1. The van der Waals surface area contributed by atoms with Crippen LogP contribution in [-0.4, -0.2) is 58.2 Å². The van der Waals surface area contributed by atoms with Crippen molar-refractivity contribution >= 4 is 23.0 Å². The number of anilines is 3. The zero-order chi connectivity index (χ0) is 27.6. The second kappa shape index (κ2) is 13.9. The fraction of sp³-hybridized carbons (Fsp3) is 0.452. The third-order valence-electron chi connectivity index (χ3n) is 7.48. The van der Waals surface area contributed by atoms with Gasteiger partial charge in [0.05, 0.1) is 42.5 Å². The molecule has 0 amide bonds. The zero-order valence-corrected chi connectivity index (χ0v) is 23.3. The van der Waals surface area contributed by atoms with Crippen molar-refractivity contribution in [2.45, 2.75) is 65.0 Å². The first-order valence-corrected chi connectivity index (χ1v) is 14.1. The van der Waals surface area contributed by atoms with Gasteiger partial charge < -0.3 is 20.1 Å². The number of likely N-dealkylation sites (tertiary alicyclic amines) is 1. The van der Waals surface area contributed by atoms with Crippen LogP contribution in [0.4, 0.5) is 17.1 Å². The first kappa shape index (κ1) is 28.4. The molecule has 2 N–H and O–H groups in total. The van der Waals surface area contributed by atoms with Crippen LogP contribution in [0.3, 0.4) is 0 Å². The number of benzene rings is 2. The highest BCUT2D eigenvalue weighted by Gasteiger charge is 2.26. The predicted octanol–water partition coefficient (Wildman–Crippen LogP) is 6.08. The molecule has 1 atom stereocenters. The molecule has 8 nitrogen and oxygen atoms in total. The van der Waals surface area contributed by atoms with E-state index in [0.29, 0.717) is 18.7 Å². The van der Waals surface area contributed by atoms with E-state index in [1.54, 1.807) is 12.4 Å². The van der Waals surface area contributed by atoms with Crippen LogP contribution in [-0.2, 0) is 11.3 Å². The second-order valence-electron chi connectivity index (χ2n) is 10.1. The Balaban J connectivity index is 1.56. The maximum Gasteiger partial charge on any atom is 0.316 e. The van der Waals surface area contributed by atoms with Crippen molar-refractivity contribution in [1.29, 1.82) is 0 Å². The van der Waals surface area contributed by atoms with E-state index in [0.717, 1.165) is 68.1 Å². The average molecular weight is 532 g/mol. The molecule has 4 rings (SSSR count). The topological polar surface area (TPSA) is 90.8 Å². The van der Waals surface area contributed by atoms with Crippen LogP contribution < -0.4 is 15.0 Å². The summed E-state index contributed by atoms with van der Waals surface area (Å²) in [4.78, 5) is 25.2. The molecule has 1 fully saturated rings. The van der Waals surface area contributed by atoms with E-state index < -0.39 is 5.97 Å². The Morgan fingerprint density at radius 1 is 1.10 bits per heavy atom. The number of piperidine rings is 1. The molecule has 0 aliphatic carbocycles. The number of hydrogen-bond acceptors (Lipinski definition) is 7. The summed E-state index contributed by atoms with van der Waals surface area (Å²) in [5.41, 5.74) is 5.19. The van der Waals surface area contributed by atoms with E-state index >= 15 is 0 Å². The van der Waals surface area contributed by atoms with Gasteiger partial charge in [0, 0.05) is 32.2 Å². The number of carbonyl (C=O) groups is 1. The van der Waals surface area contributed by atoms with Crippen LogP contribution >= 0.6 is 0 Å². The molecule has 8 heteroatoms. The number of aliphatic carboxylic acids is 1. The Morgan fingerprint density at radius 3 is 2.44 bits per heavy atom. The molecule has 0 spiro atoms. The molecule has 1 aliphatic rings. The van der Waals surface area contributed by atoms with Crippen molar-refractivity contribution in [3.8, 4) is 6.01 Å². The van der Waals surface area contributed by atoms with Gasteiger partial charge in [0.1, 0.15) is 0 Å². The first-order chi connectivity index (χ1) is 19.0. The van der Waals surface area contributed by atoms with Crippen LogP contribution in [0.15, 0.2) is 60.9 Å². The lowest BCUT2D eigenvalue weighted by Crippen LogP contribution is -2.45. The van der Waals surface area contributed by atoms with E-state index in [9.17, 15) is 9.90 Å². The van der Waals surface area contributed by atoms with Crippen molar-refractivity contribution in [3.63, 3.8) is 0 Å². The molecule has 3 aromatic rings. The molecule has 2 aromatic carbocycles. The average Bonchev–Trinajstić information content (AvgIpc) is 2.95. The van der Waals surface area contributed by atoms with E-state index in [2.05, 4.69) is 80.5 Å². The minimum absolute atomic E-state index is 0.0509. The lowest BCUT2D eigenvalue weighted by atomic mass is 9.92. The van der Waals surface area contributed by atoms with Crippen molar-refractivity contribution in [2.75, 3.05) is 36.5 Å². The highest BCUT2D eigenvalue weighted by molar-refractivity contribution is 5.77. The molecular formula is C31H41N5O3. The Hall–Kier alpha value is -3.65.